The Hall–Kier alpha value is -0.410. The fourth-order valence-electron chi connectivity index (χ4n) is 1.95. The number of rotatable bonds is 1. The first-order valence-corrected chi connectivity index (χ1v) is 5.39. The minimum atomic E-state index is 0.558. The predicted octanol–water partition coefficient (Wildman–Crippen LogP) is 2.61. The predicted molar refractivity (Wildman–Crippen MR) is 56.5 cm³/mol. The number of aromatic nitrogens is 1. The lowest BCUT2D eigenvalue weighted by Gasteiger charge is -2.20. The molecule has 1 fully saturated rings. The Morgan fingerprint density at radius 1 is 1.62 bits per heavy atom. The molecule has 0 spiro atoms. The minimum Gasteiger partial charge on any atom is -0.299 e. The van der Waals surface area contributed by atoms with Crippen LogP contribution < -0.4 is 0 Å². The van der Waals surface area contributed by atoms with Gasteiger partial charge in [-0.25, -0.2) is 4.98 Å². The largest absolute Gasteiger partial charge is 0.299 e. The molecule has 0 radical (unpaired) electrons. The number of pyridine rings is 1. The second-order valence-electron chi connectivity index (χ2n) is 3.52. The molecule has 0 aliphatic carbocycles. The van der Waals surface area contributed by atoms with Gasteiger partial charge in [0.05, 0.1) is 0 Å². The average molecular weight is 241 g/mol. The van der Waals surface area contributed by atoms with Gasteiger partial charge >= 0.3 is 0 Å². The van der Waals surface area contributed by atoms with E-state index in [-0.39, 0.29) is 0 Å². The normalized spacial score (nSPS) is 23.7. The molecule has 0 aromatic carbocycles. The van der Waals surface area contributed by atoms with Gasteiger partial charge in [-0.1, -0.05) is 6.07 Å². The maximum atomic E-state index is 4.25. The van der Waals surface area contributed by atoms with Crippen LogP contribution in [-0.2, 0) is 0 Å². The molecule has 3 heteroatoms. The first-order chi connectivity index (χ1) is 6.29. The molecule has 0 amide bonds. The van der Waals surface area contributed by atoms with Crippen molar-refractivity contribution >= 4 is 15.9 Å². The molecule has 1 unspecified atom stereocenters. The van der Waals surface area contributed by atoms with Crippen molar-refractivity contribution in [2.24, 2.45) is 0 Å². The third kappa shape index (κ3) is 1.76. The van der Waals surface area contributed by atoms with E-state index in [1.54, 1.807) is 0 Å². The summed E-state index contributed by atoms with van der Waals surface area (Å²) in [6.45, 7) is 1.20. The van der Waals surface area contributed by atoms with Gasteiger partial charge in [0, 0.05) is 17.8 Å². The van der Waals surface area contributed by atoms with Crippen molar-refractivity contribution in [3.63, 3.8) is 0 Å². The van der Waals surface area contributed by atoms with Gasteiger partial charge in [-0.2, -0.15) is 0 Å². The molecule has 1 aromatic rings. The highest BCUT2D eigenvalue weighted by atomic mass is 79.9. The molecule has 0 bridgehead atoms. The summed E-state index contributed by atoms with van der Waals surface area (Å²) in [6.07, 6.45) is 4.37. The van der Waals surface area contributed by atoms with Crippen LogP contribution in [-0.4, -0.2) is 23.5 Å². The lowest BCUT2D eigenvalue weighted by Crippen LogP contribution is -2.17. The SMILES string of the molecule is CN1CCCC1c1cccnc1Br. The zero-order valence-electron chi connectivity index (χ0n) is 7.70. The van der Waals surface area contributed by atoms with E-state index < -0.39 is 0 Å². The Morgan fingerprint density at radius 3 is 3.08 bits per heavy atom. The Labute approximate surface area is 87.1 Å². The molecule has 1 aliphatic heterocycles. The van der Waals surface area contributed by atoms with Crippen LogP contribution in [0.1, 0.15) is 24.4 Å². The number of hydrogen-bond donors (Lipinski definition) is 0. The maximum Gasteiger partial charge on any atom is 0.110 e. The second kappa shape index (κ2) is 3.76. The Bertz CT molecular complexity index is 301. The third-order valence-electron chi connectivity index (χ3n) is 2.67. The van der Waals surface area contributed by atoms with Crippen molar-refractivity contribution in [2.45, 2.75) is 18.9 Å². The summed E-state index contributed by atoms with van der Waals surface area (Å²) in [5.74, 6) is 0. The highest BCUT2D eigenvalue weighted by molar-refractivity contribution is 9.10. The zero-order valence-corrected chi connectivity index (χ0v) is 9.29. The summed E-state index contributed by atoms with van der Waals surface area (Å²) in [5.41, 5.74) is 1.32. The van der Waals surface area contributed by atoms with Crippen LogP contribution in [0.3, 0.4) is 0 Å². The van der Waals surface area contributed by atoms with E-state index in [0.717, 1.165) is 4.60 Å². The van der Waals surface area contributed by atoms with Crippen molar-refractivity contribution in [3.8, 4) is 0 Å². The van der Waals surface area contributed by atoms with Crippen molar-refractivity contribution in [2.75, 3.05) is 13.6 Å². The van der Waals surface area contributed by atoms with Gasteiger partial charge in [0.15, 0.2) is 0 Å². The number of likely N-dealkylation sites (tertiary alicyclic amines) is 1. The Morgan fingerprint density at radius 2 is 2.46 bits per heavy atom. The molecule has 1 aromatic heterocycles. The average Bonchev–Trinajstić information content (AvgIpc) is 2.52. The first-order valence-electron chi connectivity index (χ1n) is 4.59. The fraction of sp³-hybridized carbons (Fsp3) is 0.500. The zero-order chi connectivity index (χ0) is 9.26. The minimum absolute atomic E-state index is 0.558. The Kier molecular flexibility index (Phi) is 2.65. The van der Waals surface area contributed by atoms with Gasteiger partial charge in [0.25, 0.3) is 0 Å². The maximum absolute atomic E-state index is 4.25. The molecule has 70 valence electrons. The van der Waals surface area contributed by atoms with Crippen LogP contribution in [0.15, 0.2) is 22.9 Å². The van der Waals surface area contributed by atoms with Crippen LogP contribution in [0.25, 0.3) is 0 Å². The van der Waals surface area contributed by atoms with E-state index in [2.05, 4.69) is 38.9 Å². The van der Waals surface area contributed by atoms with Gasteiger partial charge in [-0.05, 0) is 48.4 Å². The molecule has 2 nitrogen and oxygen atoms in total. The molecular weight excluding hydrogens is 228 g/mol. The second-order valence-corrected chi connectivity index (χ2v) is 4.27. The van der Waals surface area contributed by atoms with E-state index in [4.69, 9.17) is 0 Å². The van der Waals surface area contributed by atoms with E-state index >= 15 is 0 Å². The van der Waals surface area contributed by atoms with Crippen LogP contribution in [0.4, 0.5) is 0 Å². The molecule has 1 atom stereocenters. The highest BCUT2D eigenvalue weighted by Crippen LogP contribution is 2.33. The van der Waals surface area contributed by atoms with Crippen molar-refractivity contribution in [1.82, 2.24) is 9.88 Å². The Balaban J connectivity index is 2.29. The molecule has 0 saturated carbocycles. The summed E-state index contributed by atoms with van der Waals surface area (Å²) in [4.78, 5) is 6.64. The van der Waals surface area contributed by atoms with Gasteiger partial charge in [0.1, 0.15) is 4.60 Å². The molecule has 1 saturated heterocycles. The van der Waals surface area contributed by atoms with E-state index in [9.17, 15) is 0 Å². The number of halogens is 1. The smallest absolute Gasteiger partial charge is 0.110 e. The lowest BCUT2D eigenvalue weighted by molar-refractivity contribution is 0.316. The van der Waals surface area contributed by atoms with Gasteiger partial charge in [-0.3, -0.25) is 4.90 Å². The van der Waals surface area contributed by atoms with Crippen molar-refractivity contribution < 1.29 is 0 Å². The molecule has 1 aliphatic rings. The molecule has 2 rings (SSSR count). The fourth-order valence-corrected chi connectivity index (χ4v) is 2.46. The van der Waals surface area contributed by atoms with E-state index in [0.29, 0.717) is 6.04 Å². The first kappa shape index (κ1) is 9.16. The molecule has 0 N–H and O–H groups in total. The summed E-state index contributed by atoms with van der Waals surface area (Å²) in [5, 5.41) is 0. The van der Waals surface area contributed by atoms with Gasteiger partial charge in [-0.15, -0.1) is 0 Å². The quantitative estimate of drug-likeness (QED) is 0.702. The van der Waals surface area contributed by atoms with Crippen LogP contribution in [0.2, 0.25) is 0 Å². The summed E-state index contributed by atoms with van der Waals surface area (Å²) in [6, 6.07) is 4.72. The summed E-state index contributed by atoms with van der Waals surface area (Å²) < 4.78 is 0.994. The summed E-state index contributed by atoms with van der Waals surface area (Å²) in [7, 11) is 2.18. The van der Waals surface area contributed by atoms with Crippen LogP contribution in [0.5, 0.6) is 0 Å². The topological polar surface area (TPSA) is 16.1 Å². The van der Waals surface area contributed by atoms with Gasteiger partial charge in [0.2, 0.25) is 0 Å². The lowest BCUT2D eigenvalue weighted by atomic mass is 10.1. The van der Waals surface area contributed by atoms with E-state index in [1.165, 1.54) is 24.9 Å². The molecular formula is C10H13BrN2. The van der Waals surface area contributed by atoms with Crippen molar-refractivity contribution in [3.05, 3.63) is 28.5 Å². The van der Waals surface area contributed by atoms with Gasteiger partial charge < -0.3 is 0 Å². The third-order valence-corrected chi connectivity index (χ3v) is 3.33. The van der Waals surface area contributed by atoms with Crippen LogP contribution >= 0.6 is 15.9 Å². The number of nitrogens with zero attached hydrogens (tertiary/aromatic N) is 2. The summed E-state index contributed by atoms with van der Waals surface area (Å²) >= 11 is 3.50. The standard InChI is InChI=1S/C10H13BrN2/c1-13-7-3-5-9(13)8-4-2-6-12-10(8)11/h2,4,6,9H,3,5,7H2,1H3. The molecule has 13 heavy (non-hydrogen) atoms. The number of hydrogen-bond acceptors (Lipinski definition) is 2. The monoisotopic (exact) mass is 240 g/mol. The highest BCUT2D eigenvalue weighted by Gasteiger charge is 2.24. The molecule has 2 heterocycles. The van der Waals surface area contributed by atoms with E-state index in [1.807, 2.05) is 12.3 Å². The van der Waals surface area contributed by atoms with Crippen molar-refractivity contribution in [1.29, 1.82) is 0 Å². The van der Waals surface area contributed by atoms with Crippen LogP contribution in [0, 0.1) is 0 Å².